The van der Waals surface area contributed by atoms with Gasteiger partial charge in [-0.25, -0.2) is 0 Å². The van der Waals surface area contributed by atoms with Gasteiger partial charge < -0.3 is 10.0 Å². The molecule has 0 spiro atoms. The number of nitro groups is 1. The van der Waals surface area contributed by atoms with Gasteiger partial charge in [0.2, 0.25) is 0 Å². The zero-order chi connectivity index (χ0) is 22.8. The normalized spacial score (nSPS) is 17.5. The molecule has 1 unspecified atom stereocenters. The van der Waals surface area contributed by atoms with Crippen molar-refractivity contribution >= 4 is 23.1 Å². The van der Waals surface area contributed by atoms with Crippen LogP contribution in [-0.2, 0) is 16.1 Å². The topological polar surface area (TPSA) is 114 Å². The van der Waals surface area contributed by atoms with Crippen LogP contribution in [0.5, 0.6) is 0 Å². The van der Waals surface area contributed by atoms with Crippen LogP contribution in [0.1, 0.15) is 28.3 Å². The van der Waals surface area contributed by atoms with Gasteiger partial charge in [-0.2, -0.15) is 0 Å². The number of rotatable bonds is 5. The molecule has 3 aromatic rings. The predicted octanol–water partition coefficient (Wildman–Crippen LogP) is 3.92. The maximum atomic E-state index is 13.1. The lowest BCUT2D eigenvalue weighted by molar-refractivity contribution is -0.384. The van der Waals surface area contributed by atoms with Crippen molar-refractivity contribution in [2.75, 3.05) is 0 Å². The highest BCUT2D eigenvalue weighted by atomic mass is 16.6. The maximum absolute atomic E-state index is 13.1. The maximum Gasteiger partial charge on any atom is 0.295 e. The summed E-state index contributed by atoms with van der Waals surface area (Å²) in [6, 6.07) is 15.3. The molecule has 1 aliphatic rings. The van der Waals surface area contributed by atoms with Gasteiger partial charge >= 0.3 is 0 Å². The van der Waals surface area contributed by atoms with Crippen LogP contribution in [0, 0.1) is 17.0 Å². The van der Waals surface area contributed by atoms with Crippen LogP contribution >= 0.6 is 0 Å². The van der Waals surface area contributed by atoms with Gasteiger partial charge in [-0.3, -0.25) is 24.7 Å². The molecule has 1 N–H and O–H groups in total. The van der Waals surface area contributed by atoms with Gasteiger partial charge in [-0.05, 0) is 29.7 Å². The van der Waals surface area contributed by atoms with E-state index >= 15 is 0 Å². The van der Waals surface area contributed by atoms with Gasteiger partial charge in [0.1, 0.15) is 5.76 Å². The molecule has 0 radical (unpaired) electrons. The number of carbonyl (C=O) groups excluding carboxylic acids is 2. The van der Waals surface area contributed by atoms with Crippen molar-refractivity contribution in [1.29, 1.82) is 0 Å². The minimum Gasteiger partial charge on any atom is -0.507 e. The lowest BCUT2D eigenvalue weighted by Crippen LogP contribution is -2.29. The molecular weight excluding hydrogens is 410 g/mol. The average Bonchev–Trinajstić information content (AvgIpc) is 3.04. The monoisotopic (exact) mass is 429 g/mol. The molecule has 0 bridgehead atoms. The number of benzene rings is 2. The second kappa shape index (κ2) is 8.43. The number of nitrogens with zero attached hydrogens (tertiary/aromatic N) is 3. The summed E-state index contributed by atoms with van der Waals surface area (Å²) in [4.78, 5) is 42.1. The largest absolute Gasteiger partial charge is 0.507 e. The molecule has 160 valence electrons. The molecule has 2 aromatic carbocycles. The third-order valence-electron chi connectivity index (χ3n) is 5.43. The molecule has 0 saturated carbocycles. The summed E-state index contributed by atoms with van der Waals surface area (Å²) in [6.07, 6.45) is 3.22. The van der Waals surface area contributed by atoms with Gasteiger partial charge in [-0.1, -0.05) is 42.5 Å². The molecule has 1 amide bonds. The summed E-state index contributed by atoms with van der Waals surface area (Å²) < 4.78 is 0. The van der Waals surface area contributed by atoms with Crippen molar-refractivity contribution in [3.8, 4) is 0 Å². The number of nitro benzene ring substituents is 1. The van der Waals surface area contributed by atoms with E-state index in [2.05, 4.69) is 4.98 Å². The van der Waals surface area contributed by atoms with Gasteiger partial charge in [-0.15, -0.1) is 0 Å². The number of pyridine rings is 1. The number of hydrogen-bond donors (Lipinski definition) is 1. The molecule has 1 aliphatic heterocycles. The fourth-order valence-corrected chi connectivity index (χ4v) is 3.87. The molecule has 1 aromatic heterocycles. The minimum absolute atomic E-state index is 0.0946. The SMILES string of the molecule is Cc1ccccc1C1/C(=C(\O)c2cccc([N+](=O)[O-])c2)C(=O)C(=O)N1Cc1cccnc1. The highest BCUT2D eigenvalue weighted by Gasteiger charge is 2.46. The molecule has 1 atom stereocenters. The first-order chi connectivity index (χ1) is 15.4. The van der Waals surface area contributed by atoms with E-state index in [9.17, 15) is 24.8 Å². The van der Waals surface area contributed by atoms with E-state index in [0.717, 1.165) is 11.1 Å². The van der Waals surface area contributed by atoms with Crippen LogP contribution in [0.2, 0.25) is 0 Å². The molecular formula is C24H19N3O5. The zero-order valence-corrected chi connectivity index (χ0v) is 17.1. The van der Waals surface area contributed by atoms with Crippen molar-refractivity contribution < 1.29 is 19.6 Å². The Balaban J connectivity index is 1.90. The summed E-state index contributed by atoms with van der Waals surface area (Å²) in [5.74, 6) is -2.05. The Kier molecular flexibility index (Phi) is 5.51. The first-order valence-corrected chi connectivity index (χ1v) is 9.86. The van der Waals surface area contributed by atoms with Gasteiger partial charge in [0.25, 0.3) is 17.4 Å². The summed E-state index contributed by atoms with van der Waals surface area (Å²) in [7, 11) is 0. The number of amides is 1. The molecule has 8 heteroatoms. The van der Waals surface area contributed by atoms with Crippen LogP contribution in [-0.4, -0.2) is 31.6 Å². The van der Waals surface area contributed by atoms with Crippen molar-refractivity contribution in [3.63, 3.8) is 0 Å². The fraction of sp³-hybridized carbons (Fsp3) is 0.125. The number of aliphatic hydroxyl groups is 1. The lowest BCUT2D eigenvalue weighted by Gasteiger charge is -2.26. The van der Waals surface area contributed by atoms with E-state index in [1.165, 1.54) is 29.2 Å². The summed E-state index contributed by atoms with van der Waals surface area (Å²) >= 11 is 0. The van der Waals surface area contributed by atoms with Crippen LogP contribution in [0.3, 0.4) is 0 Å². The number of aliphatic hydroxyl groups excluding tert-OH is 1. The number of carbonyl (C=O) groups is 2. The standard InChI is InChI=1S/C24H19N3O5/c1-15-6-2-3-10-19(15)21-20(22(28)17-8-4-9-18(12-17)27(31)32)23(29)24(30)26(21)14-16-7-5-11-25-13-16/h2-13,21,28H,14H2,1H3/b22-20+. The van der Waals surface area contributed by atoms with Gasteiger partial charge in [0.05, 0.1) is 16.5 Å². The summed E-state index contributed by atoms with van der Waals surface area (Å²) in [6.45, 7) is 1.97. The minimum atomic E-state index is -0.851. The van der Waals surface area contributed by atoms with Crippen molar-refractivity contribution in [2.24, 2.45) is 0 Å². The third-order valence-corrected chi connectivity index (χ3v) is 5.43. The number of ketones is 1. The Labute approximate surface area is 183 Å². The van der Waals surface area contributed by atoms with E-state index in [1.807, 2.05) is 19.1 Å². The van der Waals surface area contributed by atoms with Crippen molar-refractivity contribution in [2.45, 2.75) is 19.5 Å². The highest BCUT2D eigenvalue weighted by Crippen LogP contribution is 2.41. The number of aryl methyl sites for hydroxylation is 1. The van der Waals surface area contributed by atoms with Crippen LogP contribution in [0.25, 0.3) is 5.76 Å². The number of non-ortho nitro benzene ring substituents is 1. The molecule has 32 heavy (non-hydrogen) atoms. The quantitative estimate of drug-likeness (QED) is 0.216. The third kappa shape index (κ3) is 3.74. The van der Waals surface area contributed by atoms with E-state index in [1.54, 1.807) is 36.7 Å². The second-order valence-corrected chi connectivity index (χ2v) is 7.45. The van der Waals surface area contributed by atoms with E-state index in [0.29, 0.717) is 5.56 Å². The predicted molar refractivity (Wildman–Crippen MR) is 116 cm³/mol. The van der Waals surface area contributed by atoms with Crippen molar-refractivity contribution in [3.05, 3.63) is 111 Å². The number of Topliss-reactive ketones (excluding diaryl/α,β-unsaturated/α-hetero) is 1. The van der Waals surface area contributed by atoms with E-state index in [-0.39, 0.29) is 23.4 Å². The van der Waals surface area contributed by atoms with Crippen LogP contribution < -0.4 is 0 Å². The smallest absolute Gasteiger partial charge is 0.295 e. The van der Waals surface area contributed by atoms with Crippen LogP contribution in [0.4, 0.5) is 5.69 Å². The molecule has 1 saturated heterocycles. The second-order valence-electron chi connectivity index (χ2n) is 7.45. The molecule has 1 fully saturated rings. The number of likely N-dealkylation sites (tertiary alicyclic amines) is 1. The Morgan fingerprint density at radius 1 is 1.12 bits per heavy atom. The average molecular weight is 429 g/mol. The van der Waals surface area contributed by atoms with Gasteiger partial charge in [0, 0.05) is 36.6 Å². The Hall–Kier alpha value is -4.33. The zero-order valence-electron chi connectivity index (χ0n) is 17.1. The Morgan fingerprint density at radius 3 is 2.59 bits per heavy atom. The molecule has 8 nitrogen and oxygen atoms in total. The van der Waals surface area contributed by atoms with E-state index < -0.39 is 28.4 Å². The molecule has 2 heterocycles. The summed E-state index contributed by atoms with van der Waals surface area (Å²) in [5, 5.41) is 22.2. The number of hydrogen-bond acceptors (Lipinski definition) is 6. The first-order valence-electron chi connectivity index (χ1n) is 9.86. The van der Waals surface area contributed by atoms with Gasteiger partial charge in [0.15, 0.2) is 0 Å². The Morgan fingerprint density at radius 2 is 1.91 bits per heavy atom. The lowest BCUT2D eigenvalue weighted by atomic mass is 9.92. The molecule has 4 rings (SSSR count). The molecule has 0 aliphatic carbocycles. The van der Waals surface area contributed by atoms with E-state index in [4.69, 9.17) is 0 Å². The number of aromatic nitrogens is 1. The van der Waals surface area contributed by atoms with Crippen LogP contribution in [0.15, 0.2) is 78.6 Å². The Bertz CT molecular complexity index is 1250. The first kappa shape index (κ1) is 20.9. The highest BCUT2D eigenvalue weighted by molar-refractivity contribution is 6.46. The summed E-state index contributed by atoms with van der Waals surface area (Å²) in [5.41, 5.74) is 2.00. The van der Waals surface area contributed by atoms with Crippen molar-refractivity contribution in [1.82, 2.24) is 9.88 Å². The fourth-order valence-electron chi connectivity index (χ4n) is 3.87.